The number of hydrogen-bond donors (Lipinski definition) is 3. The molecule has 1 aliphatic rings. The van der Waals surface area contributed by atoms with Crippen molar-refractivity contribution in [1.29, 1.82) is 0 Å². The molecular weight excluding hydrogens is 644 g/mol. The zero-order valence-electron chi connectivity index (χ0n) is 24.6. The normalized spacial score (nSPS) is 14.3. The van der Waals surface area contributed by atoms with E-state index in [-0.39, 0.29) is 35.3 Å². The largest absolute Gasteiger partial charge is 0.471 e. The average Bonchev–Trinajstić information content (AvgIpc) is 3.68. The Bertz CT molecular complexity index is 1820. The van der Waals surface area contributed by atoms with Gasteiger partial charge in [-0.25, -0.2) is 13.8 Å². The number of benzene rings is 2. The number of ether oxygens (including phenoxy) is 1. The van der Waals surface area contributed by atoms with E-state index in [1.54, 1.807) is 6.92 Å². The minimum absolute atomic E-state index is 0.0342. The Morgan fingerprint density at radius 3 is 2.26 bits per heavy atom. The molecule has 250 valence electrons. The van der Waals surface area contributed by atoms with E-state index in [0.717, 1.165) is 36.4 Å². The number of nitrogens with zero attached hydrogens (tertiary/aromatic N) is 3. The van der Waals surface area contributed by atoms with Gasteiger partial charge in [-0.05, 0) is 60.9 Å². The Kier molecular flexibility index (Phi) is 8.77. The third-order valence-corrected chi connectivity index (χ3v) is 7.51. The number of carbonyl (C=O) groups excluding carboxylic acids is 2. The Balaban J connectivity index is 1.46. The van der Waals surface area contributed by atoms with Crippen molar-refractivity contribution in [2.24, 2.45) is 12.5 Å². The summed E-state index contributed by atoms with van der Waals surface area (Å²) in [4.78, 5) is 33.8. The van der Waals surface area contributed by atoms with Crippen LogP contribution < -0.4 is 20.7 Å². The molecule has 3 N–H and O–H groups in total. The molecular formula is C30H26F8N6O3. The highest BCUT2D eigenvalue weighted by atomic mass is 19.4. The highest BCUT2D eigenvalue weighted by Gasteiger charge is 2.44. The molecule has 17 heteroatoms. The average molecular weight is 671 g/mol. The van der Waals surface area contributed by atoms with Crippen molar-refractivity contribution in [2.75, 3.05) is 17.2 Å². The molecule has 5 rings (SSSR count). The van der Waals surface area contributed by atoms with Crippen LogP contribution in [0, 0.1) is 5.41 Å². The van der Waals surface area contributed by atoms with Gasteiger partial charge in [-0.1, -0.05) is 13.0 Å². The van der Waals surface area contributed by atoms with Crippen LogP contribution in [0.5, 0.6) is 5.88 Å². The summed E-state index contributed by atoms with van der Waals surface area (Å²) in [7, 11) is 1.37. The van der Waals surface area contributed by atoms with Gasteiger partial charge in [0.05, 0.1) is 16.8 Å². The number of alkyl halides is 8. The molecule has 1 saturated carbocycles. The molecule has 2 heterocycles. The van der Waals surface area contributed by atoms with Crippen LogP contribution in [0.1, 0.15) is 46.8 Å². The molecule has 0 unspecified atom stereocenters. The van der Waals surface area contributed by atoms with E-state index in [4.69, 9.17) is 4.74 Å². The van der Waals surface area contributed by atoms with Crippen LogP contribution in [0.15, 0.2) is 48.5 Å². The fourth-order valence-electron chi connectivity index (χ4n) is 4.55. The van der Waals surface area contributed by atoms with Crippen molar-refractivity contribution in [2.45, 2.75) is 45.1 Å². The number of imidazole rings is 1. The number of nitrogens with one attached hydrogen (secondary N) is 3. The molecule has 2 aromatic heterocycles. The second-order valence-electron chi connectivity index (χ2n) is 11.2. The van der Waals surface area contributed by atoms with E-state index >= 15 is 0 Å². The molecule has 9 nitrogen and oxygen atoms in total. The summed E-state index contributed by atoms with van der Waals surface area (Å²) in [6.07, 6.45) is -10.9. The van der Waals surface area contributed by atoms with Crippen LogP contribution >= 0.6 is 0 Å². The summed E-state index contributed by atoms with van der Waals surface area (Å²) < 4.78 is 113. The van der Waals surface area contributed by atoms with Crippen molar-refractivity contribution in [3.8, 4) is 5.88 Å². The number of pyridine rings is 1. The SMILES string of the molecule is Cn1c(Nc2cc(CNC(=O)C3(C)CC3)ccc2C(F)(F)F)nc2cc(C(=O)Nc3ccc(C(F)(F)F)cc3)c(OCC(F)F)nc21. The molecule has 4 aromatic rings. The molecule has 0 radical (unpaired) electrons. The van der Waals surface area contributed by atoms with E-state index in [1.807, 2.05) is 0 Å². The first-order valence-corrected chi connectivity index (χ1v) is 14.0. The van der Waals surface area contributed by atoms with Gasteiger partial charge in [0.15, 0.2) is 12.3 Å². The lowest BCUT2D eigenvalue weighted by Gasteiger charge is -2.16. The van der Waals surface area contributed by atoms with Gasteiger partial charge < -0.3 is 20.7 Å². The van der Waals surface area contributed by atoms with Crippen LogP contribution in [0.4, 0.5) is 52.4 Å². The number of fused-ring (bicyclic) bond motifs is 1. The number of halogens is 8. The Labute approximate surface area is 261 Å². The molecule has 0 atom stereocenters. The highest BCUT2D eigenvalue weighted by Crippen LogP contribution is 2.45. The molecule has 2 amide bonds. The number of amides is 2. The molecule has 0 bridgehead atoms. The minimum atomic E-state index is -4.78. The van der Waals surface area contributed by atoms with Crippen LogP contribution in [0.3, 0.4) is 0 Å². The van der Waals surface area contributed by atoms with Crippen molar-refractivity contribution in [1.82, 2.24) is 19.9 Å². The lowest BCUT2D eigenvalue weighted by molar-refractivity contribution is -0.138. The van der Waals surface area contributed by atoms with Crippen LogP contribution in [0.25, 0.3) is 11.2 Å². The van der Waals surface area contributed by atoms with Gasteiger partial charge in [0.1, 0.15) is 11.1 Å². The molecule has 1 aliphatic carbocycles. The number of rotatable bonds is 10. The van der Waals surface area contributed by atoms with Crippen molar-refractivity contribution in [3.05, 3.63) is 70.8 Å². The summed E-state index contributed by atoms with van der Waals surface area (Å²) in [5, 5.41) is 7.66. The minimum Gasteiger partial charge on any atom is -0.471 e. The number of anilines is 3. The standard InChI is InChI=1S/C30H26F8N6O3/c1-28(9-10-28)26(46)39-13-15-3-8-19(30(36,37)38)20(11-15)41-27-42-21-12-18(25(47-14-22(31)32)43-23(21)44(27)2)24(45)40-17-6-4-16(5-7-17)29(33,34)35/h3-8,11-12,22H,9-10,13-14H2,1-2H3,(H,39,46)(H,40,45)(H,41,42). The topological polar surface area (TPSA) is 110 Å². The summed E-state index contributed by atoms with van der Waals surface area (Å²) in [6, 6.07) is 7.81. The van der Waals surface area contributed by atoms with Crippen LogP contribution in [0.2, 0.25) is 0 Å². The van der Waals surface area contributed by atoms with Gasteiger partial charge in [-0.2, -0.15) is 31.3 Å². The third kappa shape index (κ3) is 7.55. The maximum Gasteiger partial charge on any atom is 0.418 e. The van der Waals surface area contributed by atoms with Gasteiger partial charge >= 0.3 is 12.4 Å². The van der Waals surface area contributed by atoms with Gasteiger partial charge in [0, 0.05) is 24.7 Å². The lowest BCUT2D eigenvalue weighted by atomic mass is 10.1. The first-order valence-electron chi connectivity index (χ1n) is 14.0. The number of hydrogen-bond acceptors (Lipinski definition) is 6. The molecule has 0 saturated heterocycles. The fourth-order valence-corrected chi connectivity index (χ4v) is 4.55. The van der Waals surface area contributed by atoms with E-state index in [1.165, 1.54) is 23.7 Å². The summed E-state index contributed by atoms with van der Waals surface area (Å²) in [6.45, 7) is 0.586. The molecule has 1 fully saturated rings. The van der Waals surface area contributed by atoms with Gasteiger partial charge in [0.25, 0.3) is 12.3 Å². The van der Waals surface area contributed by atoms with Crippen molar-refractivity contribution < 1.29 is 49.4 Å². The third-order valence-electron chi connectivity index (χ3n) is 7.51. The second-order valence-corrected chi connectivity index (χ2v) is 11.2. The zero-order chi connectivity index (χ0) is 34.3. The number of aryl methyl sites for hydroxylation is 1. The van der Waals surface area contributed by atoms with Gasteiger partial charge in [0.2, 0.25) is 17.7 Å². The maximum absolute atomic E-state index is 13.9. The molecule has 2 aromatic carbocycles. The summed E-state index contributed by atoms with van der Waals surface area (Å²) >= 11 is 0. The summed E-state index contributed by atoms with van der Waals surface area (Å²) in [5.74, 6) is -1.95. The Morgan fingerprint density at radius 1 is 0.979 bits per heavy atom. The second kappa shape index (κ2) is 12.3. The quantitative estimate of drug-likeness (QED) is 0.156. The van der Waals surface area contributed by atoms with Crippen molar-refractivity contribution in [3.63, 3.8) is 0 Å². The van der Waals surface area contributed by atoms with E-state index in [0.29, 0.717) is 18.4 Å². The highest BCUT2D eigenvalue weighted by molar-refractivity contribution is 6.07. The first-order chi connectivity index (χ1) is 21.9. The zero-order valence-corrected chi connectivity index (χ0v) is 24.6. The van der Waals surface area contributed by atoms with Crippen LogP contribution in [-0.4, -0.2) is 39.4 Å². The van der Waals surface area contributed by atoms with E-state index in [2.05, 4.69) is 25.9 Å². The number of aromatic nitrogens is 3. The maximum atomic E-state index is 13.9. The Morgan fingerprint density at radius 2 is 1.66 bits per heavy atom. The monoisotopic (exact) mass is 670 g/mol. The predicted molar refractivity (Wildman–Crippen MR) is 153 cm³/mol. The van der Waals surface area contributed by atoms with Gasteiger partial charge in [-0.15, -0.1) is 0 Å². The lowest BCUT2D eigenvalue weighted by Crippen LogP contribution is -2.29. The van der Waals surface area contributed by atoms with Gasteiger partial charge in [-0.3, -0.25) is 14.2 Å². The van der Waals surface area contributed by atoms with E-state index in [9.17, 15) is 44.7 Å². The molecule has 0 aliphatic heterocycles. The Hall–Kier alpha value is -4.96. The predicted octanol–water partition coefficient (Wildman–Crippen LogP) is 7.06. The smallest absolute Gasteiger partial charge is 0.418 e. The van der Waals surface area contributed by atoms with Crippen molar-refractivity contribution >= 4 is 40.3 Å². The fraction of sp³-hybridized carbons (Fsp3) is 0.333. The number of carbonyl (C=O) groups is 2. The molecule has 0 spiro atoms. The summed E-state index contributed by atoms with van der Waals surface area (Å²) in [5.41, 5.74) is -3.13. The molecule has 47 heavy (non-hydrogen) atoms. The van der Waals surface area contributed by atoms with Crippen LogP contribution in [-0.2, 0) is 30.7 Å². The van der Waals surface area contributed by atoms with E-state index < -0.39 is 65.0 Å². The first kappa shape index (κ1) is 33.4.